The largest absolute Gasteiger partial charge is 0.398 e. The number of hydrogen-bond acceptors (Lipinski definition) is 2. The maximum absolute atomic E-state index is 10.9. The molecule has 0 aromatic heterocycles. The predicted octanol–water partition coefficient (Wildman–Crippen LogP) is 2.08. The fourth-order valence-electron chi connectivity index (χ4n) is 1.75. The highest BCUT2D eigenvalue weighted by Crippen LogP contribution is 2.28. The summed E-state index contributed by atoms with van der Waals surface area (Å²) in [7, 11) is 1.66. The van der Waals surface area contributed by atoms with Gasteiger partial charge in [0.25, 0.3) is 0 Å². The molecule has 0 spiro atoms. The standard InChI is InChI=1S/C13H21N3O/c1-13(2,3)10-6-5-9(7-11(10)14)8-16(4)12(15)17/h5-7H,8,14H2,1-4H3,(H2,15,17). The molecule has 0 aliphatic heterocycles. The molecule has 0 aliphatic rings. The van der Waals surface area contributed by atoms with Crippen LogP contribution < -0.4 is 11.5 Å². The third-order valence-electron chi connectivity index (χ3n) is 2.72. The number of nitrogen functional groups attached to an aromatic ring is 1. The lowest BCUT2D eigenvalue weighted by atomic mass is 9.85. The van der Waals surface area contributed by atoms with Crippen LogP contribution in [0, 0.1) is 0 Å². The van der Waals surface area contributed by atoms with Crippen LogP contribution in [0.15, 0.2) is 18.2 Å². The first kappa shape index (κ1) is 13.4. The number of carbonyl (C=O) groups is 1. The van der Waals surface area contributed by atoms with Crippen molar-refractivity contribution in [2.75, 3.05) is 12.8 Å². The first-order chi connectivity index (χ1) is 7.71. The molecule has 0 bridgehead atoms. The Balaban J connectivity index is 2.94. The Morgan fingerprint density at radius 1 is 1.35 bits per heavy atom. The Bertz CT molecular complexity index is 421. The molecule has 4 N–H and O–H groups in total. The number of nitrogens with zero attached hydrogens (tertiary/aromatic N) is 1. The Morgan fingerprint density at radius 3 is 2.35 bits per heavy atom. The first-order valence-electron chi connectivity index (χ1n) is 5.61. The third kappa shape index (κ3) is 3.37. The van der Waals surface area contributed by atoms with Crippen LogP contribution in [-0.4, -0.2) is 18.0 Å². The molecule has 0 fully saturated rings. The van der Waals surface area contributed by atoms with Gasteiger partial charge in [0.15, 0.2) is 0 Å². The van der Waals surface area contributed by atoms with Gasteiger partial charge in [-0.2, -0.15) is 0 Å². The molecule has 0 heterocycles. The number of hydrogen-bond donors (Lipinski definition) is 2. The van der Waals surface area contributed by atoms with E-state index in [4.69, 9.17) is 11.5 Å². The lowest BCUT2D eigenvalue weighted by Gasteiger charge is -2.22. The van der Waals surface area contributed by atoms with Gasteiger partial charge < -0.3 is 16.4 Å². The molecule has 0 saturated heterocycles. The minimum Gasteiger partial charge on any atom is -0.398 e. The first-order valence-corrected chi connectivity index (χ1v) is 5.61. The van der Waals surface area contributed by atoms with Crippen molar-refractivity contribution in [1.82, 2.24) is 4.90 Å². The van der Waals surface area contributed by atoms with Crippen molar-refractivity contribution < 1.29 is 4.79 Å². The smallest absolute Gasteiger partial charge is 0.314 e. The summed E-state index contributed by atoms with van der Waals surface area (Å²) in [5, 5.41) is 0. The molecule has 0 atom stereocenters. The summed E-state index contributed by atoms with van der Waals surface area (Å²) >= 11 is 0. The van der Waals surface area contributed by atoms with Crippen LogP contribution in [0.25, 0.3) is 0 Å². The van der Waals surface area contributed by atoms with Crippen LogP contribution in [0.2, 0.25) is 0 Å². The molecular weight excluding hydrogens is 214 g/mol. The van der Waals surface area contributed by atoms with Crippen molar-refractivity contribution in [2.24, 2.45) is 5.73 Å². The Morgan fingerprint density at radius 2 is 1.94 bits per heavy atom. The van der Waals surface area contributed by atoms with Gasteiger partial charge in [0.1, 0.15) is 0 Å². The molecule has 0 unspecified atom stereocenters. The minimum atomic E-state index is -0.441. The zero-order valence-corrected chi connectivity index (χ0v) is 10.9. The molecule has 4 heteroatoms. The van der Waals surface area contributed by atoms with E-state index in [1.807, 2.05) is 18.2 Å². The van der Waals surface area contributed by atoms with E-state index in [9.17, 15) is 4.79 Å². The molecule has 1 aromatic carbocycles. The Hall–Kier alpha value is -1.71. The number of rotatable bonds is 2. The van der Waals surface area contributed by atoms with Gasteiger partial charge in [0.2, 0.25) is 0 Å². The van der Waals surface area contributed by atoms with Crippen LogP contribution in [-0.2, 0) is 12.0 Å². The van der Waals surface area contributed by atoms with Gasteiger partial charge in [-0.3, -0.25) is 0 Å². The zero-order valence-electron chi connectivity index (χ0n) is 10.9. The summed E-state index contributed by atoms with van der Waals surface area (Å²) in [6.45, 7) is 6.83. The van der Waals surface area contributed by atoms with Gasteiger partial charge in [-0.1, -0.05) is 32.9 Å². The van der Waals surface area contributed by atoms with Crippen LogP contribution in [0.5, 0.6) is 0 Å². The van der Waals surface area contributed by atoms with Crippen LogP contribution in [0.3, 0.4) is 0 Å². The van der Waals surface area contributed by atoms with E-state index in [-0.39, 0.29) is 5.41 Å². The van der Waals surface area contributed by atoms with Crippen molar-refractivity contribution >= 4 is 11.7 Å². The SMILES string of the molecule is CN(Cc1ccc(C(C)(C)C)c(N)c1)C(N)=O. The average molecular weight is 235 g/mol. The fourth-order valence-corrected chi connectivity index (χ4v) is 1.75. The molecule has 0 radical (unpaired) electrons. The van der Waals surface area contributed by atoms with E-state index >= 15 is 0 Å². The molecule has 2 amide bonds. The number of primary amides is 1. The van der Waals surface area contributed by atoms with Gasteiger partial charge in [-0.25, -0.2) is 4.79 Å². The molecule has 1 rings (SSSR count). The predicted molar refractivity (Wildman–Crippen MR) is 70.6 cm³/mol. The minimum absolute atomic E-state index is 0.0260. The lowest BCUT2D eigenvalue weighted by Crippen LogP contribution is -2.31. The summed E-state index contributed by atoms with van der Waals surface area (Å²) in [6.07, 6.45) is 0. The monoisotopic (exact) mass is 235 g/mol. The van der Waals surface area contributed by atoms with Crippen molar-refractivity contribution in [3.63, 3.8) is 0 Å². The van der Waals surface area contributed by atoms with Crippen LogP contribution in [0.1, 0.15) is 31.9 Å². The van der Waals surface area contributed by atoms with Crippen molar-refractivity contribution in [3.8, 4) is 0 Å². The lowest BCUT2D eigenvalue weighted by molar-refractivity contribution is 0.216. The fraction of sp³-hybridized carbons (Fsp3) is 0.462. The number of nitrogens with two attached hydrogens (primary N) is 2. The number of urea groups is 1. The average Bonchev–Trinajstić information content (AvgIpc) is 2.15. The van der Waals surface area contributed by atoms with Crippen molar-refractivity contribution in [2.45, 2.75) is 32.7 Å². The highest BCUT2D eigenvalue weighted by atomic mass is 16.2. The number of amides is 2. The van der Waals surface area contributed by atoms with Gasteiger partial charge in [-0.05, 0) is 22.6 Å². The van der Waals surface area contributed by atoms with E-state index in [1.165, 1.54) is 4.90 Å². The summed E-state index contributed by atoms with van der Waals surface area (Å²) in [4.78, 5) is 12.4. The molecule has 1 aromatic rings. The molecule has 0 aliphatic carbocycles. The highest BCUT2D eigenvalue weighted by molar-refractivity contribution is 5.71. The number of anilines is 1. The van der Waals surface area contributed by atoms with Gasteiger partial charge in [0.05, 0.1) is 0 Å². The Labute approximate surface area is 103 Å². The van der Waals surface area contributed by atoms with Gasteiger partial charge in [-0.15, -0.1) is 0 Å². The topological polar surface area (TPSA) is 72.3 Å². The van der Waals surface area contributed by atoms with Crippen LogP contribution >= 0.6 is 0 Å². The van der Waals surface area contributed by atoms with E-state index in [1.54, 1.807) is 7.05 Å². The van der Waals surface area contributed by atoms with E-state index in [0.717, 1.165) is 16.8 Å². The second-order valence-corrected chi connectivity index (χ2v) is 5.37. The van der Waals surface area contributed by atoms with E-state index in [0.29, 0.717) is 6.54 Å². The quantitative estimate of drug-likeness (QED) is 0.770. The van der Waals surface area contributed by atoms with Crippen LogP contribution in [0.4, 0.5) is 10.5 Å². The Kier molecular flexibility index (Phi) is 3.66. The van der Waals surface area contributed by atoms with Gasteiger partial charge >= 0.3 is 6.03 Å². The molecular formula is C13H21N3O. The molecule has 94 valence electrons. The number of carbonyl (C=O) groups excluding carboxylic acids is 1. The second kappa shape index (κ2) is 4.65. The second-order valence-electron chi connectivity index (χ2n) is 5.37. The summed E-state index contributed by atoms with van der Waals surface area (Å²) in [5.74, 6) is 0. The zero-order chi connectivity index (χ0) is 13.2. The third-order valence-corrected chi connectivity index (χ3v) is 2.72. The summed E-state index contributed by atoms with van der Waals surface area (Å²) in [5.41, 5.74) is 14.1. The summed E-state index contributed by atoms with van der Waals surface area (Å²) in [6, 6.07) is 5.46. The van der Waals surface area contributed by atoms with E-state index < -0.39 is 6.03 Å². The maximum Gasteiger partial charge on any atom is 0.314 e. The maximum atomic E-state index is 10.9. The van der Waals surface area contributed by atoms with Crippen molar-refractivity contribution in [3.05, 3.63) is 29.3 Å². The molecule has 0 saturated carbocycles. The molecule has 17 heavy (non-hydrogen) atoms. The van der Waals surface area contributed by atoms with E-state index in [2.05, 4.69) is 20.8 Å². The highest BCUT2D eigenvalue weighted by Gasteiger charge is 2.17. The molecule has 4 nitrogen and oxygen atoms in total. The van der Waals surface area contributed by atoms with Gasteiger partial charge in [0, 0.05) is 19.3 Å². The van der Waals surface area contributed by atoms with Crippen molar-refractivity contribution in [1.29, 1.82) is 0 Å². The number of benzene rings is 1. The normalized spacial score (nSPS) is 11.3. The summed E-state index contributed by atoms with van der Waals surface area (Å²) < 4.78 is 0.